The average Bonchev–Trinajstić information content (AvgIpc) is 2.76. The number of aromatic nitrogens is 1. The van der Waals surface area contributed by atoms with Gasteiger partial charge in [0, 0.05) is 12.3 Å². The van der Waals surface area contributed by atoms with Crippen LogP contribution in [0.15, 0.2) is 23.6 Å². The van der Waals surface area contributed by atoms with Gasteiger partial charge in [-0.15, -0.1) is 11.3 Å². The fraction of sp³-hybridized carbons (Fsp3) is 0.286. The topological polar surface area (TPSA) is 39.2 Å². The van der Waals surface area contributed by atoms with Crippen LogP contribution in [-0.2, 0) is 6.61 Å². The van der Waals surface area contributed by atoms with Crippen molar-refractivity contribution in [1.82, 2.24) is 4.98 Å². The lowest BCUT2D eigenvalue weighted by molar-refractivity contribution is 0.101. The zero-order valence-electron chi connectivity index (χ0n) is 10.7. The number of thiazole rings is 1. The number of carbonyl (C=O) groups excluding carboxylic acids is 1. The van der Waals surface area contributed by atoms with Crippen LogP contribution >= 0.6 is 11.3 Å². The Balaban J connectivity index is 2.04. The van der Waals surface area contributed by atoms with E-state index in [4.69, 9.17) is 4.74 Å². The van der Waals surface area contributed by atoms with E-state index in [0.717, 1.165) is 16.3 Å². The summed E-state index contributed by atoms with van der Waals surface area (Å²) in [4.78, 5) is 15.3. The van der Waals surface area contributed by atoms with Crippen LogP contribution in [0.1, 0.15) is 33.5 Å². The van der Waals surface area contributed by atoms with E-state index in [9.17, 15) is 4.79 Å². The molecule has 0 saturated heterocycles. The third kappa shape index (κ3) is 2.96. The fourth-order valence-corrected chi connectivity index (χ4v) is 2.38. The number of hydrogen-bond acceptors (Lipinski definition) is 4. The zero-order chi connectivity index (χ0) is 13.1. The van der Waals surface area contributed by atoms with Gasteiger partial charge in [-0.25, -0.2) is 4.98 Å². The predicted molar refractivity (Wildman–Crippen MR) is 72.4 cm³/mol. The average molecular weight is 261 g/mol. The van der Waals surface area contributed by atoms with Crippen LogP contribution in [0.3, 0.4) is 0 Å². The summed E-state index contributed by atoms with van der Waals surface area (Å²) in [7, 11) is 0. The summed E-state index contributed by atoms with van der Waals surface area (Å²) >= 11 is 1.45. The van der Waals surface area contributed by atoms with Gasteiger partial charge in [0.15, 0.2) is 5.78 Å². The first-order valence-corrected chi connectivity index (χ1v) is 6.59. The number of ketones is 1. The lowest BCUT2D eigenvalue weighted by Gasteiger charge is -2.07. The van der Waals surface area contributed by atoms with Gasteiger partial charge in [-0.3, -0.25) is 4.79 Å². The summed E-state index contributed by atoms with van der Waals surface area (Å²) in [6.07, 6.45) is 0. The highest BCUT2D eigenvalue weighted by atomic mass is 32.1. The van der Waals surface area contributed by atoms with E-state index < -0.39 is 0 Å². The summed E-state index contributed by atoms with van der Waals surface area (Å²) in [5.74, 6) is 0.851. The van der Waals surface area contributed by atoms with E-state index in [2.05, 4.69) is 18.0 Å². The monoisotopic (exact) mass is 261 g/mol. The second kappa shape index (κ2) is 5.31. The minimum Gasteiger partial charge on any atom is -0.486 e. The summed E-state index contributed by atoms with van der Waals surface area (Å²) in [6, 6.07) is 6.06. The molecule has 0 fully saturated rings. The molecule has 3 nitrogen and oxygen atoms in total. The van der Waals surface area contributed by atoms with Gasteiger partial charge in [-0.2, -0.15) is 0 Å². The quantitative estimate of drug-likeness (QED) is 0.790. The molecule has 94 valence electrons. The Morgan fingerprint density at radius 1 is 1.39 bits per heavy atom. The molecule has 0 aliphatic heterocycles. The minimum atomic E-state index is -0.0102. The number of hydrogen-bond donors (Lipinski definition) is 0. The molecule has 0 N–H and O–H groups in total. The maximum Gasteiger partial charge on any atom is 0.178 e. The minimum absolute atomic E-state index is 0.0102. The van der Waals surface area contributed by atoms with E-state index in [0.29, 0.717) is 12.3 Å². The molecule has 2 aromatic rings. The standard InChI is InChI=1S/C14H15NO2S/c1-9-4-5-13(10(2)6-9)17-7-14-15-12(8-18-14)11(3)16/h4-6,8H,7H2,1-3H3. The van der Waals surface area contributed by atoms with E-state index in [1.165, 1.54) is 23.8 Å². The van der Waals surface area contributed by atoms with Crippen molar-refractivity contribution in [3.05, 3.63) is 45.4 Å². The number of benzene rings is 1. The molecule has 0 amide bonds. The first kappa shape index (κ1) is 12.8. The van der Waals surface area contributed by atoms with Crippen molar-refractivity contribution in [2.24, 2.45) is 0 Å². The normalized spacial score (nSPS) is 10.4. The molecule has 2 rings (SSSR count). The van der Waals surface area contributed by atoms with Gasteiger partial charge < -0.3 is 4.74 Å². The van der Waals surface area contributed by atoms with Crippen LogP contribution < -0.4 is 4.74 Å². The van der Waals surface area contributed by atoms with Gasteiger partial charge in [0.25, 0.3) is 0 Å². The molecule has 1 aromatic carbocycles. The van der Waals surface area contributed by atoms with Crippen molar-refractivity contribution >= 4 is 17.1 Å². The summed E-state index contributed by atoms with van der Waals surface area (Å²) < 4.78 is 5.71. The van der Waals surface area contributed by atoms with Gasteiger partial charge in [-0.05, 0) is 25.5 Å². The molecule has 1 heterocycles. The van der Waals surface area contributed by atoms with Crippen molar-refractivity contribution in [2.45, 2.75) is 27.4 Å². The first-order valence-electron chi connectivity index (χ1n) is 5.71. The van der Waals surface area contributed by atoms with Crippen LogP contribution in [-0.4, -0.2) is 10.8 Å². The Bertz CT molecular complexity index is 575. The molecule has 1 aromatic heterocycles. The number of Topliss-reactive ketones (excluding diaryl/α,β-unsaturated/α-hetero) is 1. The number of aryl methyl sites for hydroxylation is 2. The van der Waals surface area contributed by atoms with Gasteiger partial charge in [0.1, 0.15) is 23.1 Å². The van der Waals surface area contributed by atoms with E-state index in [1.807, 2.05) is 19.1 Å². The van der Waals surface area contributed by atoms with Crippen LogP contribution in [0, 0.1) is 13.8 Å². The number of nitrogens with zero attached hydrogens (tertiary/aromatic N) is 1. The Hall–Kier alpha value is -1.68. The van der Waals surface area contributed by atoms with Crippen molar-refractivity contribution in [3.8, 4) is 5.75 Å². The van der Waals surface area contributed by atoms with Crippen molar-refractivity contribution in [3.63, 3.8) is 0 Å². The van der Waals surface area contributed by atoms with Crippen LogP contribution in [0.2, 0.25) is 0 Å². The van der Waals surface area contributed by atoms with Gasteiger partial charge in [-0.1, -0.05) is 17.7 Å². The molecular formula is C14H15NO2S. The maximum atomic E-state index is 11.1. The third-order valence-electron chi connectivity index (χ3n) is 2.59. The smallest absolute Gasteiger partial charge is 0.178 e. The predicted octanol–water partition coefficient (Wildman–Crippen LogP) is 3.54. The van der Waals surface area contributed by atoms with Gasteiger partial charge in [0.05, 0.1) is 0 Å². The molecule has 0 unspecified atom stereocenters. The molecule has 4 heteroatoms. The highest BCUT2D eigenvalue weighted by molar-refractivity contribution is 7.09. The van der Waals surface area contributed by atoms with Crippen molar-refractivity contribution in [2.75, 3.05) is 0 Å². The number of rotatable bonds is 4. The van der Waals surface area contributed by atoms with E-state index >= 15 is 0 Å². The maximum absolute atomic E-state index is 11.1. The largest absolute Gasteiger partial charge is 0.486 e. The number of ether oxygens (including phenoxy) is 1. The summed E-state index contributed by atoms with van der Waals surface area (Å²) in [5.41, 5.74) is 2.84. The van der Waals surface area contributed by atoms with Crippen LogP contribution in [0.25, 0.3) is 0 Å². The molecule has 0 bridgehead atoms. The highest BCUT2D eigenvalue weighted by Crippen LogP contribution is 2.21. The van der Waals surface area contributed by atoms with Crippen LogP contribution in [0.5, 0.6) is 5.75 Å². The Morgan fingerprint density at radius 2 is 2.17 bits per heavy atom. The molecule has 18 heavy (non-hydrogen) atoms. The molecule has 0 radical (unpaired) electrons. The lowest BCUT2D eigenvalue weighted by Crippen LogP contribution is -1.98. The SMILES string of the molecule is CC(=O)c1csc(COc2ccc(C)cc2C)n1. The Labute approximate surface area is 110 Å². The Kier molecular flexibility index (Phi) is 3.77. The number of carbonyl (C=O) groups is 1. The first-order chi connectivity index (χ1) is 8.56. The van der Waals surface area contributed by atoms with E-state index in [1.54, 1.807) is 5.38 Å². The molecule has 0 aliphatic rings. The molecule has 0 saturated carbocycles. The fourth-order valence-electron chi connectivity index (χ4n) is 1.64. The van der Waals surface area contributed by atoms with Gasteiger partial charge in [0.2, 0.25) is 0 Å². The molecule has 0 spiro atoms. The van der Waals surface area contributed by atoms with Crippen molar-refractivity contribution < 1.29 is 9.53 Å². The lowest BCUT2D eigenvalue weighted by atomic mass is 10.1. The Morgan fingerprint density at radius 3 is 2.78 bits per heavy atom. The second-order valence-electron chi connectivity index (χ2n) is 4.24. The molecule has 0 atom stereocenters. The molecule has 0 aliphatic carbocycles. The van der Waals surface area contributed by atoms with Gasteiger partial charge >= 0.3 is 0 Å². The third-order valence-corrected chi connectivity index (χ3v) is 3.42. The zero-order valence-corrected chi connectivity index (χ0v) is 11.5. The second-order valence-corrected chi connectivity index (χ2v) is 5.18. The summed E-state index contributed by atoms with van der Waals surface area (Å²) in [5, 5.41) is 2.59. The molecular weight excluding hydrogens is 246 g/mol. The highest BCUT2D eigenvalue weighted by Gasteiger charge is 2.07. The summed E-state index contributed by atoms with van der Waals surface area (Å²) in [6.45, 7) is 5.99. The van der Waals surface area contributed by atoms with E-state index in [-0.39, 0.29) is 5.78 Å². The van der Waals surface area contributed by atoms with Crippen LogP contribution in [0.4, 0.5) is 0 Å². The van der Waals surface area contributed by atoms with Crippen molar-refractivity contribution in [1.29, 1.82) is 0 Å².